The third-order valence-corrected chi connectivity index (χ3v) is 6.63. The number of halogens is 1. The first kappa shape index (κ1) is 25.7. The van der Waals surface area contributed by atoms with Crippen molar-refractivity contribution < 1.29 is 22.7 Å². The Labute approximate surface area is 197 Å². The summed E-state index contributed by atoms with van der Waals surface area (Å²) >= 11 is 3.35. The molecule has 0 aromatic heterocycles. The molecule has 8 nitrogen and oxygen atoms in total. The van der Waals surface area contributed by atoms with Crippen molar-refractivity contribution in [3.63, 3.8) is 0 Å². The molecule has 0 radical (unpaired) electrons. The number of carbonyl (C=O) groups is 2. The number of ether oxygens (including phenoxy) is 1. The lowest BCUT2D eigenvalue weighted by molar-refractivity contribution is -0.139. The topological polar surface area (TPSA) is 96.0 Å². The second-order valence-corrected chi connectivity index (χ2v) is 9.92. The minimum absolute atomic E-state index is 0.134. The van der Waals surface area contributed by atoms with E-state index in [1.807, 2.05) is 0 Å². The molecule has 2 amide bonds. The van der Waals surface area contributed by atoms with Gasteiger partial charge in [0, 0.05) is 17.6 Å². The average Bonchev–Trinajstić information content (AvgIpc) is 2.75. The summed E-state index contributed by atoms with van der Waals surface area (Å²) in [6.07, 6.45) is 1.04. The van der Waals surface area contributed by atoms with Gasteiger partial charge in [-0.05, 0) is 59.6 Å². The first-order valence-corrected chi connectivity index (χ1v) is 12.6. The van der Waals surface area contributed by atoms with Crippen molar-refractivity contribution >= 4 is 43.5 Å². The molecule has 0 aliphatic carbocycles. The van der Waals surface area contributed by atoms with Gasteiger partial charge in [-0.1, -0.05) is 24.3 Å². The molecule has 32 heavy (non-hydrogen) atoms. The average molecular weight is 526 g/mol. The van der Waals surface area contributed by atoms with Crippen LogP contribution in [-0.2, 0) is 26.2 Å². The summed E-state index contributed by atoms with van der Waals surface area (Å²) in [5.41, 5.74) is 1.13. The van der Waals surface area contributed by atoms with Gasteiger partial charge < -0.3 is 15.0 Å². The molecular formula is C22H28BrN3O5S. The number of sulfonamides is 1. The Hall–Kier alpha value is -2.59. The standard InChI is InChI=1S/C22H28BrN3O5S/c1-5-24-22(28)16(2)25(14-17-10-12-18(31-3)13-11-17)21(27)15-26(32(4,29)30)20-9-7-6-8-19(20)23/h6-13,16H,5,14-15H2,1-4H3,(H,24,28). The molecule has 174 valence electrons. The van der Waals surface area contributed by atoms with E-state index in [1.54, 1.807) is 69.5 Å². The van der Waals surface area contributed by atoms with Crippen LogP contribution in [-0.4, -0.2) is 57.6 Å². The SMILES string of the molecule is CCNC(=O)C(C)N(Cc1ccc(OC)cc1)C(=O)CN(c1ccccc1Br)S(C)(=O)=O. The van der Waals surface area contributed by atoms with Crippen molar-refractivity contribution in [2.24, 2.45) is 0 Å². The number of rotatable bonds is 10. The molecule has 0 saturated carbocycles. The Morgan fingerprint density at radius 3 is 2.28 bits per heavy atom. The lowest BCUT2D eigenvalue weighted by Crippen LogP contribution is -2.51. The number of nitrogens with one attached hydrogen (secondary N) is 1. The smallest absolute Gasteiger partial charge is 0.244 e. The lowest BCUT2D eigenvalue weighted by atomic mass is 10.1. The van der Waals surface area contributed by atoms with Crippen LogP contribution in [0.15, 0.2) is 53.0 Å². The summed E-state index contributed by atoms with van der Waals surface area (Å²) < 4.78 is 31.8. The fourth-order valence-electron chi connectivity index (χ4n) is 3.08. The van der Waals surface area contributed by atoms with Crippen molar-refractivity contribution in [3.05, 3.63) is 58.6 Å². The van der Waals surface area contributed by atoms with Crippen molar-refractivity contribution in [2.75, 3.05) is 30.8 Å². The van der Waals surface area contributed by atoms with E-state index >= 15 is 0 Å². The minimum atomic E-state index is -3.77. The minimum Gasteiger partial charge on any atom is -0.497 e. The molecule has 0 heterocycles. The van der Waals surface area contributed by atoms with E-state index in [0.717, 1.165) is 16.1 Å². The molecular weight excluding hydrogens is 498 g/mol. The molecule has 1 N–H and O–H groups in total. The molecule has 0 aliphatic heterocycles. The van der Waals surface area contributed by atoms with Gasteiger partial charge in [0.1, 0.15) is 18.3 Å². The molecule has 0 saturated heterocycles. The van der Waals surface area contributed by atoms with Crippen LogP contribution in [0.4, 0.5) is 5.69 Å². The lowest BCUT2D eigenvalue weighted by Gasteiger charge is -2.31. The highest BCUT2D eigenvalue weighted by atomic mass is 79.9. The van der Waals surface area contributed by atoms with Gasteiger partial charge in [0.25, 0.3) is 0 Å². The fourth-order valence-corrected chi connectivity index (χ4v) is 4.56. The van der Waals surface area contributed by atoms with E-state index < -0.39 is 28.5 Å². The van der Waals surface area contributed by atoms with Crippen LogP contribution in [0.3, 0.4) is 0 Å². The van der Waals surface area contributed by atoms with E-state index in [1.165, 1.54) is 4.90 Å². The first-order chi connectivity index (χ1) is 15.1. The molecule has 2 aromatic rings. The van der Waals surface area contributed by atoms with Crippen LogP contribution in [0.25, 0.3) is 0 Å². The zero-order chi connectivity index (χ0) is 23.9. The number of benzene rings is 2. The van der Waals surface area contributed by atoms with E-state index in [-0.39, 0.29) is 12.5 Å². The fraction of sp³-hybridized carbons (Fsp3) is 0.364. The molecule has 0 spiro atoms. The van der Waals surface area contributed by atoms with E-state index in [2.05, 4.69) is 21.2 Å². The largest absolute Gasteiger partial charge is 0.497 e. The number of para-hydroxylation sites is 1. The van der Waals surface area contributed by atoms with Crippen molar-refractivity contribution in [3.8, 4) is 5.75 Å². The summed E-state index contributed by atoms with van der Waals surface area (Å²) in [4.78, 5) is 27.3. The zero-order valence-electron chi connectivity index (χ0n) is 18.5. The number of amides is 2. The number of anilines is 1. The van der Waals surface area contributed by atoms with E-state index in [4.69, 9.17) is 4.74 Å². The van der Waals surface area contributed by atoms with Gasteiger partial charge in [0.2, 0.25) is 21.8 Å². The van der Waals surface area contributed by atoms with E-state index in [9.17, 15) is 18.0 Å². The summed E-state index contributed by atoms with van der Waals surface area (Å²) in [7, 11) is -2.21. The number of nitrogens with zero attached hydrogens (tertiary/aromatic N) is 2. The second kappa shape index (κ2) is 11.3. The summed E-state index contributed by atoms with van der Waals surface area (Å²) in [6.45, 7) is 3.52. The van der Waals surface area contributed by atoms with Gasteiger partial charge in [-0.3, -0.25) is 13.9 Å². The van der Waals surface area contributed by atoms with Crippen LogP contribution in [0.1, 0.15) is 19.4 Å². The van der Waals surface area contributed by atoms with Gasteiger partial charge in [-0.15, -0.1) is 0 Å². The zero-order valence-corrected chi connectivity index (χ0v) is 20.9. The van der Waals surface area contributed by atoms with Crippen LogP contribution in [0.2, 0.25) is 0 Å². The first-order valence-electron chi connectivity index (χ1n) is 10.0. The maximum atomic E-state index is 13.4. The van der Waals surface area contributed by atoms with Gasteiger partial charge in [0.15, 0.2) is 0 Å². The van der Waals surface area contributed by atoms with Gasteiger partial charge in [-0.25, -0.2) is 8.42 Å². The Morgan fingerprint density at radius 2 is 1.75 bits per heavy atom. The van der Waals surface area contributed by atoms with Crippen LogP contribution in [0.5, 0.6) is 5.75 Å². The Kier molecular flexibility index (Phi) is 9.09. The third kappa shape index (κ3) is 6.70. The van der Waals surface area contributed by atoms with Crippen molar-refractivity contribution in [1.29, 1.82) is 0 Å². The highest BCUT2D eigenvalue weighted by Crippen LogP contribution is 2.28. The highest BCUT2D eigenvalue weighted by Gasteiger charge is 2.30. The predicted molar refractivity (Wildman–Crippen MR) is 128 cm³/mol. The Bertz CT molecular complexity index is 1040. The third-order valence-electron chi connectivity index (χ3n) is 4.83. The van der Waals surface area contributed by atoms with Crippen LogP contribution in [0, 0.1) is 0 Å². The van der Waals surface area contributed by atoms with Gasteiger partial charge in [-0.2, -0.15) is 0 Å². The summed E-state index contributed by atoms with van der Waals surface area (Å²) in [5, 5.41) is 2.72. The van der Waals surface area contributed by atoms with Gasteiger partial charge >= 0.3 is 0 Å². The monoisotopic (exact) mass is 525 g/mol. The molecule has 0 bridgehead atoms. The highest BCUT2D eigenvalue weighted by molar-refractivity contribution is 9.10. The van der Waals surface area contributed by atoms with Crippen LogP contribution < -0.4 is 14.4 Å². The Morgan fingerprint density at radius 1 is 1.12 bits per heavy atom. The molecule has 1 atom stereocenters. The van der Waals surface area contributed by atoms with E-state index in [0.29, 0.717) is 22.5 Å². The van der Waals surface area contributed by atoms with Crippen molar-refractivity contribution in [1.82, 2.24) is 10.2 Å². The van der Waals surface area contributed by atoms with Gasteiger partial charge in [0.05, 0.1) is 19.1 Å². The second-order valence-electron chi connectivity index (χ2n) is 7.16. The maximum Gasteiger partial charge on any atom is 0.244 e. The molecule has 1 unspecified atom stereocenters. The quantitative estimate of drug-likeness (QED) is 0.514. The summed E-state index contributed by atoms with van der Waals surface area (Å²) in [5.74, 6) is -0.150. The number of hydrogen-bond acceptors (Lipinski definition) is 5. The number of likely N-dealkylation sites (N-methyl/N-ethyl adjacent to an activating group) is 1. The number of methoxy groups -OCH3 is 1. The molecule has 2 aromatic carbocycles. The predicted octanol–water partition coefficient (Wildman–Crippen LogP) is 2.78. The molecule has 10 heteroatoms. The normalized spacial score (nSPS) is 12.0. The molecule has 0 fully saturated rings. The number of hydrogen-bond donors (Lipinski definition) is 1. The molecule has 2 rings (SSSR count). The van der Waals surface area contributed by atoms with Crippen LogP contribution >= 0.6 is 15.9 Å². The van der Waals surface area contributed by atoms with Crippen molar-refractivity contribution in [2.45, 2.75) is 26.4 Å². The maximum absolute atomic E-state index is 13.4. The number of carbonyl (C=O) groups excluding carboxylic acids is 2. The Balaban J connectivity index is 2.38. The molecule has 0 aliphatic rings. The summed E-state index contributed by atoms with van der Waals surface area (Å²) in [6, 6.07) is 13.1.